The number of aromatic nitrogens is 1. The predicted octanol–water partition coefficient (Wildman–Crippen LogP) is 2.17. The Labute approximate surface area is 111 Å². The van der Waals surface area contributed by atoms with E-state index >= 15 is 0 Å². The van der Waals surface area contributed by atoms with E-state index in [1.54, 1.807) is 39.4 Å². The summed E-state index contributed by atoms with van der Waals surface area (Å²) >= 11 is 1.42. The number of ketones is 1. The number of ether oxygens (including phenoxy) is 1. The number of nitrogens with one attached hydrogen (secondary N) is 1. The average Bonchev–Trinajstić information content (AvgIpc) is 2.66. The van der Waals surface area contributed by atoms with Crippen molar-refractivity contribution >= 4 is 23.2 Å². The topological polar surface area (TPSA) is 68.3 Å². The predicted molar refractivity (Wildman–Crippen MR) is 69.7 cm³/mol. The molecule has 1 aromatic heterocycles. The summed E-state index contributed by atoms with van der Waals surface area (Å²) in [6, 6.07) is -0.568. The van der Waals surface area contributed by atoms with Crippen molar-refractivity contribution in [1.82, 2.24) is 10.3 Å². The Bertz CT molecular complexity index is 409. The molecule has 1 aromatic rings. The Hall–Kier alpha value is -1.43. The highest BCUT2D eigenvalue weighted by Crippen LogP contribution is 2.09. The number of carbonyl (C=O) groups is 2. The average molecular weight is 270 g/mol. The zero-order valence-electron chi connectivity index (χ0n) is 11.0. The van der Waals surface area contributed by atoms with Crippen LogP contribution in [0.5, 0.6) is 0 Å². The number of nitrogens with zero attached hydrogens (tertiary/aromatic N) is 1. The van der Waals surface area contributed by atoms with Crippen molar-refractivity contribution in [2.75, 3.05) is 0 Å². The van der Waals surface area contributed by atoms with Crippen LogP contribution in [0.15, 0.2) is 11.7 Å². The quantitative estimate of drug-likeness (QED) is 0.910. The highest BCUT2D eigenvalue weighted by molar-refractivity contribution is 7.09. The monoisotopic (exact) mass is 270 g/mol. The van der Waals surface area contributed by atoms with E-state index in [2.05, 4.69) is 10.3 Å². The SMILES string of the molecule is C[C@H](NC(=O)OC(C)(C)C)C(=O)Cc1cncs1. The zero-order valence-corrected chi connectivity index (χ0v) is 11.8. The first kappa shape index (κ1) is 14.6. The second-order valence-corrected chi connectivity index (χ2v) is 5.95. The maximum atomic E-state index is 11.8. The van der Waals surface area contributed by atoms with E-state index < -0.39 is 17.7 Å². The molecule has 100 valence electrons. The van der Waals surface area contributed by atoms with Gasteiger partial charge in [-0.3, -0.25) is 9.78 Å². The van der Waals surface area contributed by atoms with E-state index in [9.17, 15) is 9.59 Å². The molecule has 0 saturated carbocycles. The summed E-state index contributed by atoms with van der Waals surface area (Å²) in [4.78, 5) is 28.1. The van der Waals surface area contributed by atoms with E-state index in [4.69, 9.17) is 4.74 Å². The van der Waals surface area contributed by atoms with Crippen LogP contribution in [-0.2, 0) is 16.0 Å². The van der Waals surface area contributed by atoms with Crippen molar-refractivity contribution in [3.8, 4) is 0 Å². The normalized spacial score (nSPS) is 12.9. The van der Waals surface area contributed by atoms with Crippen LogP contribution in [0.25, 0.3) is 0 Å². The molecule has 1 atom stereocenters. The molecular weight excluding hydrogens is 252 g/mol. The summed E-state index contributed by atoms with van der Waals surface area (Å²) in [6.07, 6.45) is 1.36. The molecule has 0 aliphatic heterocycles. The standard InChI is InChI=1S/C12H18N2O3S/c1-8(14-11(16)17-12(2,3)4)10(15)5-9-6-13-7-18-9/h6-8H,5H2,1-4H3,(H,14,16)/t8-/m0/s1. The Morgan fingerprint density at radius 1 is 1.50 bits per heavy atom. The first-order valence-electron chi connectivity index (χ1n) is 5.67. The smallest absolute Gasteiger partial charge is 0.408 e. The fraction of sp³-hybridized carbons (Fsp3) is 0.583. The Balaban J connectivity index is 2.42. The van der Waals surface area contributed by atoms with Gasteiger partial charge >= 0.3 is 6.09 Å². The molecule has 1 amide bonds. The van der Waals surface area contributed by atoms with Crippen molar-refractivity contribution in [2.24, 2.45) is 0 Å². The van der Waals surface area contributed by atoms with Crippen molar-refractivity contribution in [2.45, 2.75) is 45.8 Å². The van der Waals surface area contributed by atoms with Crippen LogP contribution < -0.4 is 5.32 Å². The van der Waals surface area contributed by atoms with Gasteiger partial charge in [0.1, 0.15) is 5.60 Å². The molecule has 0 aliphatic carbocycles. The van der Waals surface area contributed by atoms with Gasteiger partial charge in [0.25, 0.3) is 0 Å². The Morgan fingerprint density at radius 3 is 2.67 bits per heavy atom. The maximum Gasteiger partial charge on any atom is 0.408 e. The number of rotatable bonds is 4. The van der Waals surface area contributed by atoms with Crippen LogP contribution >= 0.6 is 11.3 Å². The van der Waals surface area contributed by atoms with Crippen LogP contribution in [-0.4, -0.2) is 28.5 Å². The fourth-order valence-corrected chi connectivity index (χ4v) is 1.82. The van der Waals surface area contributed by atoms with Gasteiger partial charge in [-0.25, -0.2) is 4.79 Å². The summed E-state index contributed by atoms with van der Waals surface area (Å²) in [6.45, 7) is 6.97. The molecule has 0 bridgehead atoms. The first-order valence-corrected chi connectivity index (χ1v) is 6.55. The van der Waals surface area contributed by atoms with Crippen LogP contribution in [0.1, 0.15) is 32.6 Å². The molecule has 0 fully saturated rings. The largest absolute Gasteiger partial charge is 0.444 e. The van der Waals surface area contributed by atoms with Gasteiger partial charge in [0.2, 0.25) is 0 Å². The lowest BCUT2D eigenvalue weighted by molar-refractivity contribution is -0.120. The first-order chi connectivity index (χ1) is 8.28. The molecule has 0 spiro atoms. The number of hydrogen-bond acceptors (Lipinski definition) is 5. The number of carbonyl (C=O) groups excluding carboxylic acids is 2. The summed E-state index contributed by atoms with van der Waals surface area (Å²) in [7, 11) is 0. The van der Waals surface area contributed by atoms with Crippen molar-refractivity contribution in [3.63, 3.8) is 0 Å². The Kier molecular flexibility index (Phi) is 4.84. The van der Waals surface area contributed by atoms with E-state index in [1.165, 1.54) is 11.3 Å². The summed E-state index contributed by atoms with van der Waals surface area (Å²) < 4.78 is 5.08. The highest BCUT2D eigenvalue weighted by Gasteiger charge is 2.21. The van der Waals surface area contributed by atoms with Crippen LogP contribution in [0.4, 0.5) is 4.79 Å². The second-order valence-electron chi connectivity index (χ2n) is 4.98. The molecular formula is C12H18N2O3S. The number of thiazole rings is 1. The van der Waals surface area contributed by atoms with Crippen molar-refractivity contribution in [1.29, 1.82) is 0 Å². The lowest BCUT2D eigenvalue weighted by Crippen LogP contribution is -2.42. The van der Waals surface area contributed by atoms with Crippen molar-refractivity contribution in [3.05, 3.63) is 16.6 Å². The third-order valence-electron chi connectivity index (χ3n) is 2.05. The van der Waals surface area contributed by atoms with Crippen LogP contribution in [0, 0.1) is 0 Å². The lowest BCUT2D eigenvalue weighted by atomic mass is 10.1. The molecule has 0 unspecified atom stereocenters. The maximum absolute atomic E-state index is 11.8. The summed E-state index contributed by atoms with van der Waals surface area (Å²) in [5.41, 5.74) is 1.11. The third kappa shape index (κ3) is 5.27. The van der Waals surface area contributed by atoms with Gasteiger partial charge < -0.3 is 10.1 Å². The van der Waals surface area contributed by atoms with Gasteiger partial charge in [-0.1, -0.05) is 0 Å². The number of alkyl carbamates (subject to hydrolysis) is 1. The molecule has 0 aliphatic rings. The van der Waals surface area contributed by atoms with Gasteiger partial charge in [-0.15, -0.1) is 11.3 Å². The molecule has 1 rings (SSSR count). The number of amides is 1. The zero-order chi connectivity index (χ0) is 13.8. The highest BCUT2D eigenvalue weighted by atomic mass is 32.1. The van der Waals surface area contributed by atoms with E-state index in [-0.39, 0.29) is 12.2 Å². The second kappa shape index (κ2) is 5.95. The summed E-state index contributed by atoms with van der Waals surface area (Å²) in [5.74, 6) is -0.0647. The summed E-state index contributed by atoms with van der Waals surface area (Å²) in [5, 5.41) is 2.52. The van der Waals surface area contributed by atoms with Gasteiger partial charge in [0.05, 0.1) is 11.6 Å². The van der Waals surface area contributed by atoms with Crippen molar-refractivity contribution < 1.29 is 14.3 Å². The van der Waals surface area contributed by atoms with Gasteiger partial charge in [0, 0.05) is 17.5 Å². The van der Waals surface area contributed by atoms with Gasteiger partial charge in [0.15, 0.2) is 5.78 Å². The molecule has 0 radical (unpaired) electrons. The molecule has 0 aromatic carbocycles. The van der Waals surface area contributed by atoms with E-state index in [0.717, 1.165) is 4.88 Å². The number of Topliss-reactive ketones (excluding diaryl/α,β-unsaturated/α-hetero) is 1. The minimum Gasteiger partial charge on any atom is -0.444 e. The molecule has 18 heavy (non-hydrogen) atoms. The van der Waals surface area contributed by atoms with E-state index in [0.29, 0.717) is 0 Å². The third-order valence-corrected chi connectivity index (χ3v) is 2.83. The van der Waals surface area contributed by atoms with E-state index in [1.807, 2.05) is 0 Å². The molecule has 0 saturated heterocycles. The molecule has 5 nitrogen and oxygen atoms in total. The van der Waals surface area contributed by atoms with Crippen LogP contribution in [0.3, 0.4) is 0 Å². The fourth-order valence-electron chi connectivity index (χ4n) is 1.22. The Morgan fingerprint density at radius 2 is 2.17 bits per heavy atom. The lowest BCUT2D eigenvalue weighted by Gasteiger charge is -2.21. The van der Waals surface area contributed by atoms with Crippen LogP contribution in [0.2, 0.25) is 0 Å². The van der Waals surface area contributed by atoms with Gasteiger partial charge in [-0.2, -0.15) is 0 Å². The minimum absolute atomic E-state index is 0.0647. The molecule has 1 heterocycles. The minimum atomic E-state index is -0.576. The molecule has 1 N–H and O–H groups in total. The molecule has 6 heteroatoms. The number of hydrogen-bond donors (Lipinski definition) is 1. The van der Waals surface area contributed by atoms with Gasteiger partial charge in [-0.05, 0) is 27.7 Å².